The van der Waals surface area contributed by atoms with Crippen LogP contribution in [0.1, 0.15) is 45.1 Å². The highest BCUT2D eigenvalue weighted by atomic mass is 32.1. The molecule has 152 valence electrons. The van der Waals surface area contributed by atoms with Gasteiger partial charge in [0.15, 0.2) is 0 Å². The number of fused-ring (bicyclic) bond motifs is 1. The minimum Gasteiger partial charge on any atom is -0.466 e. The molecule has 0 amide bonds. The Kier molecular flexibility index (Phi) is 5.81. The van der Waals surface area contributed by atoms with E-state index in [9.17, 15) is 4.79 Å². The van der Waals surface area contributed by atoms with Crippen molar-refractivity contribution in [3.8, 4) is 11.1 Å². The van der Waals surface area contributed by atoms with E-state index in [4.69, 9.17) is 4.74 Å². The summed E-state index contributed by atoms with van der Waals surface area (Å²) in [5.41, 5.74) is 3.72. The number of rotatable bonds is 5. The first-order valence-corrected chi connectivity index (χ1v) is 11.2. The third-order valence-electron chi connectivity index (χ3n) is 5.65. The zero-order valence-corrected chi connectivity index (χ0v) is 18.0. The van der Waals surface area contributed by atoms with Crippen molar-refractivity contribution in [2.45, 2.75) is 39.5 Å². The van der Waals surface area contributed by atoms with Crippen molar-refractivity contribution in [3.05, 3.63) is 41.5 Å². The molecule has 0 atom stereocenters. The van der Waals surface area contributed by atoms with Gasteiger partial charge >= 0.3 is 5.97 Å². The molecule has 0 unspecified atom stereocenters. The lowest BCUT2D eigenvalue weighted by Crippen LogP contribution is -2.37. The molecule has 4 rings (SSSR count). The summed E-state index contributed by atoms with van der Waals surface area (Å²) in [5, 5.41) is 3.29. The van der Waals surface area contributed by atoms with Gasteiger partial charge in [-0.3, -0.25) is 4.79 Å². The summed E-state index contributed by atoms with van der Waals surface area (Å²) >= 11 is 1.66. The van der Waals surface area contributed by atoms with Crippen molar-refractivity contribution in [2.24, 2.45) is 5.92 Å². The second-order valence-corrected chi connectivity index (χ2v) is 8.67. The average Bonchev–Trinajstić information content (AvgIpc) is 3.18. The maximum Gasteiger partial charge on any atom is 0.309 e. The number of aromatic nitrogens is 2. The topological polar surface area (TPSA) is 55.3 Å². The molecule has 0 aliphatic carbocycles. The van der Waals surface area contributed by atoms with Crippen LogP contribution < -0.4 is 4.90 Å². The van der Waals surface area contributed by atoms with Crippen molar-refractivity contribution in [3.63, 3.8) is 0 Å². The standard InChI is InChI=1S/C23H27N3O2S/c1-4-28-23(27)18-9-11-26(12-10-18)21-20-19(13-29-22(20)25-14-24-21)17-7-5-16(6-8-17)15(2)3/h5-8,13-15,18H,4,9-12H2,1-3H3. The van der Waals surface area contributed by atoms with E-state index in [1.165, 1.54) is 16.7 Å². The number of carbonyl (C=O) groups is 1. The van der Waals surface area contributed by atoms with Gasteiger partial charge in [-0.05, 0) is 36.8 Å². The van der Waals surface area contributed by atoms with Crippen LogP contribution in [0.4, 0.5) is 5.82 Å². The SMILES string of the molecule is CCOC(=O)C1CCN(c2ncnc3scc(-c4ccc(C(C)C)cc4)c23)CC1. The van der Waals surface area contributed by atoms with Crippen LogP contribution in [0.3, 0.4) is 0 Å². The zero-order valence-electron chi connectivity index (χ0n) is 17.2. The molecule has 1 aromatic carbocycles. The van der Waals surface area contributed by atoms with Crippen molar-refractivity contribution in [2.75, 3.05) is 24.6 Å². The molecular formula is C23H27N3O2S. The van der Waals surface area contributed by atoms with Gasteiger partial charge in [0.2, 0.25) is 0 Å². The zero-order chi connectivity index (χ0) is 20.4. The van der Waals surface area contributed by atoms with Crippen LogP contribution in [0.2, 0.25) is 0 Å². The normalized spacial score (nSPS) is 15.2. The molecule has 2 aromatic heterocycles. The molecular weight excluding hydrogens is 382 g/mol. The van der Waals surface area contributed by atoms with Crippen molar-refractivity contribution < 1.29 is 9.53 Å². The van der Waals surface area contributed by atoms with Crippen LogP contribution in [0.25, 0.3) is 21.3 Å². The summed E-state index contributed by atoms with van der Waals surface area (Å²) in [6.45, 7) is 8.33. The van der Waals surface area contributed by atoms with Crippen molar-refractivity contribution in [1.29, 1.82) is 0 Å². The number of thiophene rings is 1. The number of nitrogens with zero attached hydrogens (tertiary/aromatic N) is 3. The van der Waals surface area contributed by atoms with Crippen LogP contribution >= 0.6 is 11.3 Å². The monoisotopic (exact) mass is 409 g/mol. The molecule has 0 bridgehead atoms. The summed E-state index contributed by atoms with van der Waals surface area (Å²) < 4.78 is 5.20. The van der Waals surface area contributed by atoms with E-state index in [2.05, 4.69) is 58.4 Å². The molecule has 3 heterocycles. The first-order valence-electron chi connectivity index (χ1n) is 10.3. The third-order valence-corrected chi connectivity index (χ3v) is 6.54. The third kappa shape index (κ3) is 3.99. The van der Waals surface area contributed by atoms with Gasteiger partial charge in [-0.2, -0.15) is 0 Å². The first-order chi connectivity index (χ1) is 14.1. The number of carbonyl (C=O) groups excluding carboxylic acids is 1. The molecule has 0 spiro atoms. The summed E-state index contributed by atoms with van der Waals surface area (Å²) in [5.74, 6) is 1.42. The summed E-state index contributed by atoms with van der Waals surface area (Å²) in [4.78, 5) is 24.5. The molecule has 1 saturated heterocycles. The summed E-state index contributed by atoms with van der Waals surface area (Å²) in [7, 11) is 0. The molecule has 1 fully saturated rings. The number of piperidine rings is 1. The molecule has 1 aliphatic heterocycles. The van der Waals surface area contributed by atoms with E-state index in [0.29, 0.717) is 12.5 Å². The molecule has 5 nitrogen and oxygen atoms in total. The molecule has 0 N–H and O–H groups in total. The lowest BCUT2D eigenvalue weighted by atomic mass is 9.96. The lowest BCUT2D eigenvalue weighted by molar-refractivity contribution is -0.148. The second kappa shape index (κ2) is 8.49. The molecule has 29 heavy (non-hydrogen) atoms. The Bertz CT molecular complexity index is 989. The van der Waals surface area contributed by atoms with Crippen molar-refractivity contribution >= 4 is 33.3 Å². The molecule has 6 heteroatoms. The fourth-order valence-corrected chi connectivity index (χ4v) is 4.86. The molecule has 1 aliphatic rings. The Morgan fingerprint density at radius 1 is 1.21 bits per heavy atom. The molecule has 0 saturated carbocycles. The number of esters is 1. The molecule has 3 aromatic rings. The van der Waals surface area contributed by atoms with Crippen LogP contribution in [0, 0.1) is 5.92 Å². The van der Waals surface area contributed by atoms with E-state index in [-0.39, 0.29) is 11.9 Å². The quantitative estimate of drug-likeness (QED) is 0.538. The Morgan fingerprint density at radius 2 is 1.93 bits per heavy atom. The van der Waals surface area contributed by atoms with Crippen LogP contribution in [-0.2, 0) is 9.53 Å². The highest BCUT2D eigenvalue weighted by Gasteiger charge is 2.28. The Morgan fingerprint density at radius 3 is 2.59 bits per heavy atom. The number of ether oxygens (including phenoxy) is 1. The van der Waals surface area contributed by atoms with Crippen LogP contribution in [-0.4, -0.2) is 35.6 Å². The van der Waals surface area contributed by atoms with Gasteiger partial charge in [-0.15, -0.1) is 11.3 Å². The second-order valence-electron chi connectivity index (χ2n) is 7.82. The van der Waals surface area contributed by atoms with E-state index in [1.54, 1.807) is 17.7 Å². The lowest BCUT2D eigenvalue weighted by Gasteiger charge is -2.32. The van der Waals surface area contributed by atoms with E-state index >= 15 is 0 Å². The Balaban J connectivity index is 1.63. The maximum absolute atomic E-state index is 12.1. The van der Waals surface area contributed by atoms with Crippen LogP contribution in [0.5, 0.6) is 0 Å². The largest absolute Gasteiger partial charge is 0.466 e. The van der Waals surface area contributed by atoms with Gasteiger partial charge in [0.05, 0.1) is 17.9 Å². The van der Waals surface area contributed by atoms with Gasteiger partial charge in [-0.1, -0.05) is 38.1 Å². The minimum absolute atomic E-state index is 0.00551. The number of hydrogen-bond donors (Lipinski definition) is 0. The van der Waals surface area contributed by atoms with Gasteiger partial charge in [0, 0.05) is 24.0 Å². The predicted octanol–water partition coefficient (Wildman–Crippen LogP) is 5.26. The maximum atomic E-state index is 12.1. The Hall–Kier alpha value is -2.47. The molecule has 0 radical (unpaired) electrons. The predicted molar refractivity (Wildman–Crippen MR) is 119 cm³/mol. The van der Waals surface area contributed by atoms with E-state index in [1.807, 2.05) is 6.92 Å². The fraction of sp³-hybridized carbons (Fsp3) is 0.435. The van der Waals surface area contributed by atoms with Crippen molar-refractivity contribution in [1.82, 2.24) is 9.97 Å². The summed E-state index contributed by atoms with van der Waals surface area (Å²) in [6, 6.07) is 8.80. The Labute approximate surface area is 175 Å². The summed E-state index contributed by atoms with van der Waals surface area (Å²) in [6.07, 6.45) is 3.25. The number of anilines is 1. The number of benzene rings is 1. The van der Waals surface area contributed by atoms with Gasteiger partial charge in [-0.25, -0.2) is 9.97 Å². The average molecular weight is 410 g/mol. The van der Waals surface area contributed by atoms with Gasteiger partial charge in [0.25, 0.3) is 0 Å². The highest BCUT2D eigenvalue weighted by molar-refractivity contribution is 7.17. The van der Waals surface area contributed by atoms with E-state index in [0.717, 1.165) is 42.0 Å². The van der Waals surface area contributed by atoms with Gasteiger partial charge < -0.3 is 9.64 Å². The number of hydrogen-bond acceptors (Lipinski definition) is 6. The van der Waals surface area contributed by atoms with Gasteiger partial charge in [0.1, 0.15) is 17.0 Å². The highest BCUT2D eigenvalue weighted by Crippen LogP contribution is 2.39. The van der Waals surface area contributed by atoms with E-state index < -0.39 is 0 Å². The smallest absolute Gasteiger partial charge is 0.309 e. The van der Waals surface area contributed by atoms with Crippen LogP contribution in [0.15, 0.2) is 36.0 Å². The first kappa shape index (κ1) is 19.8. The fourth-order valence-electron chi connectivity index (χ4n) is 3.95. The minimum atomic E-state index is -0.0681.